The smallest absolute Gasteiger partial charge is 0.302 e. The lowest BCUT2D eigenvalue weighted by atomic mass is 10.2. The SMILES string of the molecule is CC=CCCC=CCCCOC(C)=O. The van der Waals surface area contributed by atoms with Crippen LogP contribution in [0.5, 0.6) is 0 Å². The first-order valence-corrected chi connectivity index (χ1v) is 5.17. The molecule has 0 aromatic heterocycles. The molecule has 0 unspecified atom stereocenters. The summed E-state index contributed by atoms with van der Waals surface area (Å²) in [6.45, 7) is 4.00. The van der Waals surface area contributed by atoms with Gasteiger partial charge in [0.1, 0.15) is 0 Å². The highest BCUT2D eigenvalue weighted by Crippen LogP contribution is 1.97. The van der Waals surface area contributed by atoms with E-state index in [-0.39, 0.29) is 5.97 Å². The molecule has 0 rings (SSSR count). The maximum absolute atomic E-state index is 10.4. The van der Waals surface area contributed by atoms with Crippen LogP contribution in [0.4, 0.5) is 0 Å². The van der Waals surface area contributed by atoms with Gasteiger partial charge in [-0.3, -0.25) is 4.79 Å². The minimum Gasteiger partial charge on any atom is -0.466 e. The molecule has 0 radical (unpaired) electrons. The molecule has 2 nitrogen and oxygen atoms in total. The van der Waals surface area contributed by atoms with E-state index in [4.69, 9.17) is 4.74 Å². The number of rotatable bonds is 7. The molecule has 0 spiro atoms. The zero-order valence-corrected chi connectivity index (χ0v) is 9.16. The van der Waals surface area contributed by atoms with E-state index in [2.05, 4.69) is 24.3 Å². The van der Waals surface area contributed by atoms with Crippen LogP contribution in [0.2, 0.25) is 0 Å². The number of carbonyl (C=O) groups excluding carboxylic acids is 1. The highest BCUT2D eigenvalue weighted by Gasteiger charge is 1.89. The molecule has 0 saturated heterocycles. The second kappa shape index (κ2) is 10.0. The van der Waals surface area contributed by atoms with Crippen LogP contribution in [0.25, 0.3) is 0 Å². The number of carbonyl (C=O) groups is 1. The Hall–Kier alpha value is -1.05. The molecule has 0 saturated carbocycles. The van der Waals surface area contributed by atoms with E-state index in [9.17, 15) is 4.79 Å². The molecule has 0 aliphatic heterocycles. The summed E-state index contributed by atoms with van der Waals surface area (Å²) in [5.41, 5.74) is 0. The molecule has 0 bridgehead atoms. The van der Waals surface area contributed by atoms with Gasteiger partial charge in [0.05, 0.1) is 6.61 Å². The van der Waals surface area contributed by atoms with Crippen molar-refractivity contribution in [2.45, 2.75) is 39.5 Å². The fourth-order valence-electron chi connectivity index (χ4n) is 1.01. The summed E-state index contributed by atoms with van der Waals surface area (Å²) in [4.78, 5) is 10.4. The van der Waals surface area contributed by atoms with Gasteiger partial charge in [0.15, 0.2) is 0 Å². The van der Waals surface area contributed by atoms with Crippen LogP contribution in [-0.4, -0.2) is 12.6 Å². The van der Waals surface area contributed by atoms with E-state index < -0.39 is 0 Å². The Bertz CT molecular complexity index is 192. The van der Waals surface area contributed by atoms with Crippen molar-refractivity contribution in [3.05, 3.63) is 24.3 Å². The number of ether oxygens (including phenoxy) is 1. The molecule has 0 aliphatic rings. The van der Waals surface area contributed by atoms with Crippen molar-refractivity contribution in [2.75, 3.05) is 6.61 Å². The molecule has 0 aromatic carbocycles. The zero-order chi connectivity index (χ0) is 10.6. The van der Waals surface area contributed by atoms with Gasteiger partial charge in [-0.25, -0.2) is 0 Å². The molecular formula is C12H20O2. The molecule has 2 heteroatoms. The molecule has 0 amide bonds. The molecule has 0 heterocycles. The summed E-state index contributed by atoms with van der Waals surface area (Å²) in [5.74, 6) is -0.193. The Balaban J connectivity index is 3.14. The molecule has 0 aliphatic carbocycles. The maximum Gasteiger partial charge on any atom is 0.302 e. The van der Waals surface area contributed by atoms with Crippen LogP contribution in [0, 0.1) is 0 Å². The van der Waals surface area contributed by atoms with Gasteiger partial charge in [-0.05, 0) is 32.6 Å². The van der Waals surface area contributed by atoms with E-state index in [0.29, 0.717) is 6.61 Å². The Morgan fingerprint density at radius 2 is 1.79 bits per heavy atom. The topological polar surface area (TPSA) is 26.3 Å². The summed E-state index contributed by atoms with van der Waals surface area (Å²) in [6, 6.07) is 0. The van der Waals surface area contributed by atoms with Crippen LogP contribution in [-0.2, 0) is 9.53 Å². The molecule has 0 atom stereocenters. The number of allylic oxidation sites excluding steroid dienone is 4. The standard InChI is InChI=1S/C12H20O2/c1-3-4-5-6-7-8-9-10-11-14-12(2)13/h3-4,7-8H,5-6,9-11H2,1-2H3. The lowest BCUT2D eigenvalue weighted by Crippen LogP contribution is -1.99. The third-order valence-corrected chi connectivity index (χ3v) is 1.72. The van der Waals surface area contributed by atoms with Crippen molar-refractivity contribution in [3.63, 3.8) is 0 Å². The largest absolute Gasteiger partial charge is 0.466 e. The van der Waals surface area contributed by atoms with E-state index >= 15 is 0 Å². The Kier molecular flexibility index (Phi) is 9.28. The first kappa shape index (κ1) is 12.9. The number of hydrogen-bond donors (Lipinski definition) is 0. The molecule has 14 heavy (non-hydrogen) atoms. The fourth-order valence-corrected chi connectivity index (χ4v) is 1.01. The summed E-state index contributed by atoms with van der Waals surface area (Å²) < 4.78 is 4.80. The normalized spacial score (nSPS) is 11.3. The fraction of sp³-hybridized carbons (Fsp3) is 0.583. The third kappa shape index (κ3) is 11.0. The van der Waals surface area contributed by atoms with Crippen LogP contribution < -0.4 is 0 Å². The zero-order valence-electron chi connectivity index (χ0n) is 9.16. The van der Waals surface area contributed by atoms with Crippen LogP contribution >= 0.6 is 0 Å². The average Bonchev–Trinajstić information content (AvgIpc) is 2.15. The van der Waals surface area contributed by atoms with Gasteiger partial charge in [-0.15, -0.1) is 0 Å². The quantitative estimate of drug-likeness (QED) is 0.355. The minimum absolute atomic E-state index is 0.193. The van der Waals surface area contributed by atoms with Gasteiger partial charge < -0.3 is 4.74 Å². The maximum atomic E-state index is 10.4. The molecule has 0 N–H and O–H groups in total. The third-order valence-electron chi connectivity index (χ3n) is 1.72. The predicted molar refractivity (Wildman–Crippen MR) is 59.1 cm³/mol. The van der Waals surface area contributed by atoms with Crippen molar-refractivity contribution < 1.29 is 9.53 Å². The van der Waals surface area contributed by atoms with Crippen molar-refractivity contribution in [2.24, 2.45) is 0 Å². The second-order valence-electron chi connectivity index (χ2n) is 3.10. The van der Waals surface area contributed by atoms with Crippen LogP contribution in [0.1, 0.15) is 39.5 Å². The van der Waals surface area contributed by atoms with E-state index in [1.54, 1.807) is 0 Å². The first-order chi connectivity index (χ1) is 6.77. The summed E-state index contributed by atoms with van der Waals surface area (Å²) in [7, 11) is 0. The summed E-state index contributed by atoms with van der Waals surface area (Å²) >= 11 is 0. The highest BCUT2D eigenvalue weighted by atomic mass is 16.5. The first-order valence-electron chi connectivity index (χ1n) is 5.17. The number of hydrogen-bond acceptors (Lipinski definition) is 2. The van der Waals surface area contributed by atoms with Gasteiger partial charge in [-0.2, -0.15) is 0 Å². The van der Waals surface area contributed by atoms with Crippen molar-refractivity contribution in [3.8, 4) is 0 Å². The van der Waals surface area contributed by atoms with Gasteiger partial charge >= 0.3 is 5.97 Å². The average molecular weight is 196 g/mol. The van der Waals surface area contributed by atoms with Crippen LogP contribution in [0.3, 0.4) is 0 Å². The molecule has 0 fully saturated rings. The van der Waals surface area contributed by atoms with Crippen molar-refractivity contribution >= 4 is 5.97 Å². The summed E-state index contributed by atoms with van der Waals surface area (Å²) in [5, 5.41) is 0. The number of unbranched alkanes of at least 4 members (excludes halogenated alkanes) is 2. The highest BCUT2D eigenvalue weighted by molar-refractivity contribution is 5.65. The molecule has 0 aromatic rings. The predicted octanol–water partition coefficient (Wildman–Crippen LogP) is 3.24. The number of esters is 1. The van der Waals surface area contributed by atoms with Gasteiger partial charge in [-0.1, -0.05) is 24.3 Å². The lowest BCUT2D eigenvalue weighted by Gasteiger charge is -1.97. The summed E-state index contributed by atoms with van der Waals surface area (Å²) in [6.07, 6.45) is 12.6. The van der Waals surface area contributed by atoms with Crippen molar-refractivity contribution in [1.82, 2.24) is 0 Å². The van der Waals surface area contributed by atoms with E-state index in [0.717, 1.165) is 25.7 Å². The molecular weight excluding hydrogens is 176 g/mol. The minimum atomic E-state index is -0.193. The Morgan fingerprint density at radius 3 is 2.43 bits per heavy atom. The monoisotopic (exact) mass is 196 g/mol. The Labute approximate surface area is 86.6 Å². The second-order valence-corrected chi connectivity index (χ2v) is 3.10. The van der Waals surface area contributed by atoms with E-state index in [1.807, 2.05) is 6.92 Å². The molecule has 80 valence electrons. The van der Waals surface area contributed by atoms with Gasteiger partial charge in [0.25, 0.3) is 0 Å². The van der Waals surface area contributed by atoms with Crippen LogP contribution in [0.15, 0.2) is 24.3 Å². The van der Waals surface area contributed by atoms with E-state index in [1.165, 1.54) is 6.92 Å². The van der Waals surface area contributed by atoms with Crippen molar-refractivity contribution in [1.29, 1.82) is 0 Å². The Morgan fingerprint density at radius 1 is 1.14 bits per heavy atom. The van der Waals surface area contributed by atoms with Gasteiger partial charge in [0.2, 0.25) is 0 Å². The lowest BCUT2D eigenvalue weighted by molar-refractivity contribution is -0.141. The van der Waals surface area contributed by atoms with Gasteiger partial charge in [0, 0.05) is 6.92 Å².